The molecule has 116 valence electrons. The Morgan fingerprint density at radius 1 is 1.23 bits per heavy atom. The molecule has 22 heavy (non-hydrogen) atoms. The normalized spacial score (nSPS) is 17.0. The van der Waals surface area contributed by atoms with Gasteiger partial charge in [-0.3, -0.25) is 14.5 Å². The molecule has 1 saturated heterocycles. The van der Waals surface area contributed by atoms with E-state index in [1.807, 2.05) is 24.3 Å². The number of rotatable bonds is 4. The van der Waals surface area contributed by atoms with Gasteiger partial charge in [-0.1, -0.05) is 17.3 Å². The Labute approximate surface area is 129 Å². The number of para-hydroxylation sites is 1. The van der Waals surface area contributed by atoms with Gasteiger partial charge in [0.15, 0.2) is 0 Å². The van der Waals surface area contributed by atoms with Gasteiger partial charge in [-0.25, -0.2) is 0 Å². The van der Waals surface area contributed by atoms with E-state index < -0.39 is 0 Å². The first kappa shape index (κ1) is 14.8. The molecule has 1 aromatic heterocycles. The van der Waals surface area contributed by atoms with Crippen LogP contribution in [-0.2, 0) is 4.79 Å². The second-order valence-electron chi connectivity index (χ2n) is 6.01. The lowest BCUT2D eigenvalue weighted by molar-refractivity contribution is -0.118. The molecular formula is C16H20N4O2. The summed E-state index contributed by atoms with van der Waals surface area (Å²) < 4.78 is 1.41. The maximum Gasteiger partial charge on any atom is 0.249 e. The monoisotopic (exact) mass is 300 g/mol. The zero-order valence-corrected chi connectivity index (χ0v) is 12.7. The Morgan fingerprint density at radius 2 is 1.95 bits per heavy atom. The number of carbonyl (C=O) groups is 2. The summed E-state index contributed by atoms with van der Waals surface area (Å²) >= 11 is 0. The van der Waals surface area contributed by atoms with Crippen LogP contribution in [0.15, 0.2) is 24.3 Å². The highest BCUT2D eigenvalue weighted by molar-refractivity contribution is 5.88. The van der Waals surface area contributed by atoms with Crippen LogP contribution in [0.3, 0.4) is 0 Å². The summed E-state index contributed by atoms with van der Waals surface area (Å²) in [5.41, 5.74) is 1.51. The molecule has 0 N–H and O–H groups in total. The first-order valence-electron chi connectivity index (χ1n) is 7.69. The summed E-state index contributed by atoms with van der Waals surface area (Å²) in [5.74, 6) is 0.556. The molecule has 2 heterocycles. The highest BCUT2D eigenvalue weighted by Crippen LogP contribution is 2.22. The third kappa shape index (κ3) is 3.22. The molecule has 1 aromatic carbocycles. The predicted molar refractivity (Wildman–Crippen MR) is 82.6 cm³/mol. The Balaban J connectivity index is 1.60. The Bertz CT molecular complexity index is 686. The van der Waals surface area contributed by atoms with E-state index in [9.17, 15) is 9.59 Å². The Kier molecular flexibility index (Phi) is 4.29. The van der Waals surface area contributed by atoms with E-state index in [-0.39, 0.29) is 11.7 Å². The molecule has 0 radical (unpaired) electrons. The number of nitrogens with zero attached hydrogens (tertiary/aromatic N) is 4. The van der Waals surface area contributed by atoms with Crippen LogP contribution >= 0.6 is 0 Å². The van der Waals surface area contributed by atoms with Gasteiger partial charge in [0.2, 0.25) is 5.91 Å². The maximum atomic E-state index is 12.4. The SMILES string of the molecule is CC(=O)CN1CCC(CC(=O)n2nnc3ccccc32)CC1. The molecule has 3 rings (SSSR count). The molecule has 1 aliphatic rings. The van der Waals surface area contributed by atoms with Crippen LogP contribution in [0.2, 0.25) is 0 Å². The first-order chi connectivity index (χ1) is 10.6. The molecule has 1 aliphatic heterocycles. The number of hydrogen-bond acceptors (Lipinski definition) is 5. The summed E-state index contributed by atoms with van der Waals surface area (Å²) in [6, 6.07) is 7.49. The fraction of sp³-hybridized carbons (Fsp3) is 0.500. The van der Waals surface area contributed by atoms with Crippen molar-refractivity contribution >= 4 is 22.7 Å². The quantitative estimate of drug-likeness (QED) is 0.860. The van der Waals surface area contributed by atoms with Crippen molar-refractivity contribution in [3.05, 3.63) is 24.3 Å². The highest BCUT2D eigenvalue weighted by atomic mass is 16.2. The summed E-state index contributed by atoms with van der Waals surface area (Å²) in [5, 5.41) is 8.00. The predicted octanol–water partition coefficient (Wildman–Crippen LogP) is 1.76. The van der Waals surface area contributed by atoms with Gasteiger partial charge in [0.05, 0.1) is 12.1 Å². The molecule has 0 atom stereocenters. The lowest BCUT2D eigenvalue weighted by Crippen LogP contribution is -2.37. The van der Waals surface area contributed by atoms with E-state index in [4.69, 9.17) is 0 Å². The van der Waals surface area contributed by atoms with Crippen molar-refractivity contribution in [1.82, 2.24) is 19.9 Å². The third-order valence-corrected chi connectivity index (χ3v) is 4.20. The molecule has 0 amide bonds. The van der Waals surface area contributed by atoms with Gasteiger partial charge in [0.1, 0.15) is 11.3 Å². The minimum absolute atomic E-state index is 0.00119. The maximum absolute atomic E-state index is 12.4. The lowest BCUT2D eigenvalue weighted by Gasteiger charge is -2.30. The van der Waals surface area contributed by atoms with E-state index in [2.05, 4.69) is 15.2 Å². The second-order valence-corrected chi connectivity index (χ2v) is 6.01. The molecule has 0 spiro atoms. The molecule has 1 fully saturated rings. The molecule has 6 nitrogen and oxygen atoms in total. The Hall–Kier alpha value is -2.08. The highest BCUT2D eigenvalue weighted by Gasteiger charge is 2.23. The number of aromatic nitrogens is 3. The Morgan fingerprint density at radius 3 is 2.68 bits per heavy atom. The lowest BCUT2D eigenvalue weighted by atomic mass is 9.93. The van der Waals surface area contributed by atoms with E-state index in [0.717, 1.165) is 37.0 Å². The van der Waals surface area contributed by atoms with E-state index in [1.165, 1.54) is 4.68 Å². The van der Waals surface area contributed by atoms with Crippen LogP contribution < -0.4 is 0 Å². The number of ketones is 1. The molecule has 0 aliphatic carbocycles. The number of likely N-dealkylation sites (tertiary alicyclic amines) is 1. The molecule has 0 bridgehead atoms. The number of Topliss-reactive ketones (excluding diaryl/α,β-unsaturated/α-hetero) is 1. The van der Waals surface area contributed by atoms with Gasteiger partial charge in [-0.2, -0.15) is 4.68 Å². The van der Waals surface area contributed by atoms with Crippen LogP contribution in [0, 0.1) is 5.92 Å². The van der Waals surface area contributed by atoms with Gasteiger partial charge in [-0.05, 0) is 50.9 Å². The number of piperidine rings is 1. The first-order valence-corrected chi connectivity index (χ1v) is 7.69. The van der Waals surface area contributed by atoms with Crippen LogP contribution in [0.1, 0.15) is 31.0 Å². The summed E-state index contributed by atoms with van der Waals surface area (Å²) in [6.45, 7) is 3.91. The van der Waals surface area contributed by atoms with Crippen LogP contribution in [0.5, 0.6) is 0 Å². The number of hydrogen-bond donors (Lipinski definition) is 0. The average molecular weight is 300 g/mol. The van der Waals surface area contributed by atoms with Crippen molar-refractivity contribution in [3.8, 4) is 0 Å². The smallest absolute Gasteiger partial charge is 0.249 e. The second kappa shape index (κ2) is 6.36. The third-order valence-electron chi connectivity index (χ3n) is 4.20. The van der Waals surface area contributed by atoms with Crippen molar-refractivity contribution in [1.29, 1.82) is 0 Å². The van der Waals surface area contributed by atoms with Gasteiger partial charge in [0.25, 0.3) is 0 Å². The van der Waals surface area contributed by atoms with Crippen molar-refractivity contribution in [2.45, 2.75) is 26.2 Å². The van der Waals surface area contributed by atoms with Crippen LogP contribution in [0.4, 0.5) is 0 Å². The fourth-order valence-corrected chi connectivity index (χ4v) is 3.05. The van der Waals surface area contributed by atoms with Crippen molar-refractivity contribution < 1.29 is 9.59 Å². The van der Waals surface area contributed by atoms with E-state index in [1.54, 1.807) is 6.92 Å². The molecule has 0 saturated carbocycles. The van der Waals surface area contributed by atoms with Crippen molar-refractivity contribution in [3.63, 3.8) is 0 Å². The van der Waals surface area contributed by atoms with Gasteiger partial charge in [-0.15, -0.1) is 5.10 Å². The average Bonchev–Trinajstić information content (AvgIpc) is 2.93. The molecule has 2 aromatic rings. The van der Waals surface area contributed by atoms with Crippen LogP contribution in [-0.4, -0.2) is 51.2 Å². The largest absolute Gasteiger partial charge is 0.299 e. The number of benzene rings is 1. The zero-order chi connectivity index (χ0) is 15.5. The minimum Gasteiger partial charge on any atom is -0.299 e. The minimum atomic E-state index is -0.00119. The molecule has 0 unspecified atom stereocenters. The molecular weight excluding hydrogens is 280 g/mol. The fourth-order valence-electron chi connectivity index (χ4n) is 3.05. The van der Waals surface area contributed by atoms with Gasteiger partial charge < -0.3 is 0 Å². The standard InChI is InChI=1S/C16H20N4O2/c1-12(21)11-19-8-6-13(7-9-19)10-16(22)20-15-5-3-2-4-14(15)17-18-20/h2-5,13H,6-11H2,1H3. The summed E-state index contributed by atoms with van der Waals surface area (Å²) in [6.07, 6.45) is 2.39. The van der Waals surface area contributed by atoms with E-state index in [0.29, 0.717) is 18.9 Å². The van der Waals surface area contributed by atoms with Crippen molar-refractivity contribution in [2.24, 2.45) is 5.92 Å². The van der Waals surface area contributed by atoms with Crippen molar-refractivity contribution in [2.75, 3.05) is 19.6 Å². The summed E-state index contributed by atoms with van der Waals surface area (Å²) in [7, 11) is 0. The number of carbonyl (C=O) groups excluding carboxylic acids is 2. The van der Waals surface area contributed by atoms with Gasteiger partial charge in [0, 0.05) is 6.42 Å². The van der Waals surface area contributed by atoms with Crippen LogP contribution in [0.25, 0.3) is 11.0 Å². The van der Waals surface area contributed by atoms with E-state index >= 15 is 0 Å². The topological polar surface area (TPSA) is 68.1 Å². The molecule has 6 heteroatoms. The zero-order valence-electron chi connectivity index (χ0n) is 12.7. The van der Waals surface area contributed by atoms with Gasteiger partial charge >= 0.3 is 0 Å². The number of fused-ring (bicyclic) bond motifs is 1. The summed E-state index contributed by atoms with van der Waals surface area (Å²) in [4.78, 5) is 25.7.